The standard InChI is InChI=1S/C13H27N3O/c1-4-16(9-11(3)13(14)15-17)12-7-5-10(2)6-8-12/h10-12,17H,4-9H2,1-3H3,(H2,14,15). The lowest BCUT2D eigenvalue weighted by Gasteiger charge is -2.36. The molecule has 17 heavy (non-hydrogen) atoms. The maximum absolute atomic E-state index is 8.68. The second kappa shape index (κ2) is 6.84. The first kappa shape index (κ1) is 14.3. The summed E-state index contributed by atoms with van der Waals surface area (Å²) in [6.45, 7) is 8.49. The first-order chi connectivity index (χ1) is 8.08. The SMILES string of the molecule is CCN(CC(C)/C(N)=N/O)C1CCC(C)CC1. The van der Waals surface area contributed by atoms with Crippen molar-refractivity contribution in [3.63, 3.8) is 0 Å². The van der Waals surface area contributed by atoms with Gasteiger partial charge in [-0.25, -0.2) is 0 Å². The molecular formula is C13H27N3O. The third kappa shape index (κ3) is 4.19. The van der Waals surface area contributed by atoms with Crippen molar-refractivity contribution in [2.75, 3.05) is 13.1 Å². The van der Waals surface area contributed by atoms with Crippen molar-refractivity contribution in [3.8, 4) is 0 Å². The zero-order valence-electron chi connectivity index (χ0n) is 11.4. The van der Waals surface area contributed by atoms with Gasteiger partial charge in [-0.05, 0) is 38.1 Å². The van der Waals surface area contributed by atoms with E-state index in [4.69, 9.17) is 10.9 Å². The number of amidine groups is 1. The summed E-state index contributed by atoms with van der Waals surface area (Å²) in [5.41, 5.74) is 5.64. The first-order valence-corrected chi connectivity index (χ1v) is 6.79. The molecular weight excluding hydrogens is 214 g/mol. The molecule has 1 aliphatic rings. The second-order valence-electron chi connectivity index (χ2n) is 5.43. The highest BCUT2D eigenvalue weighted by molar-refractivity contribution is 5.82. The summed E-state index contributed by atoms with van der Waals surface area (Å²) < 4.78 is 0. The summed E-state index contributed by atoms with van der Waals surface area (Å²) in [5, 5.41) is 11.8. The maximum Gasteiger partial charge on any atom is 0.143 e. The van der Waals surface area contributed by atoms with Crippen molar-refractivity contribution < 1.29 is 5.21 Å². The summed E-state index contributed by atoms with van der Waals surface area (Å²) >= 11 is 0. The van der Waals surface area contributed by atoms with Gasteiger partial charge in [0, 0.05) is 18.5 Å². The number of oxime groups is 1. The molecule has 0 amide bonds. The van der Waals surface area contributed by atoms with Gasteiger partial charge in [0.15, 0.2) is 0 Å². The topological polar surface area (TPSA) is 61.8 Å². The van der Waals surface area contributed by atoms with Crippen LogP contribution in [0.25, 0.3) is 0 Å². The van der Waals surface area contributed by atoms with Crippen molar-refractivity contribution >= 4 is 5.84 Å². The van der Waals surface area contributed by atoms with Crippen molar-refractivity contribution in [1.82, 2.24) is 4.90 Å². The molecule has 1 saturated carbocycles. The van der Waals surface area contributed by atoms with Crippen LogP contribution in [-0.4, -0.2) is 35.1 Å². The van der Waals surface area contributed by atoms with E-state index in [1.165, 1.54) is 25.7 Å². The smallest absolute Gasteiger partial charge is 0.143 e. The van der Waals surface area contributed by atoms with Gasteiger partial charge in [0.2, 0.25) is 0 Å². The largest absolute Gasteiger partial charge is 0.409 e. The predicted molar refractivity (Wildman–Crippen MR) is 71.2 cm³/mol. The number of hydrogen-bond donors (Lipinski definition) is 2. The monoisotopic (exact) mass is 241 g/mol. The van der Waals surface area contributed by atoms with Gasteiger partial charge >= 0.3 is 0 Å². The van der Waals surface area contributed by atoms with E-state index < -0.39 is 0 Å². The molecule has 0 radical (unpaired) electrons. The summed E-state index contributed by atoms with van der Waals surface area (Å²) in [7, 11) is 0. The average Bonchev–Trinajstić information content (AvgIpc) is 2.35. The maximum atomic E-state index is 8.68. The van der Waals surface area contributed by atoms with Crippen molar-refractivity contribution in [2.24, 2.45) is 22.7 Å². The number of rotatable bonds is 5. The van der Waals surface area contributed by atoms with E-state index in [-0.39, 0.29) is 5.92 Å². The van der Waals surface area contributed by atoms with Crippen LogP contribution < -0.4 is 5.73 Å². The Morgan fingerprint density at radius 2 is 2.00 bits per heavy atom. The molecule has 0 aromatic carbocycles. The molecule has 1 aliphatic carbocycles. The van der Waals surface area contributed by atoms with E-state index in [2.05, 4.69) is 23.9 Å². The highest BCUT2D eigenvalue weighted by atomic mass is 16.4. The molecule has 0 heterocycles. The zero-order chi connectivity index (χ0) is 12.8. The average molecular weight is 241 g/mol. The minimum Gasteiger partial charge on any atom is -0.409 e. The molecule has 0 aromatic heterocycles. The Kier molecular flexibility index (Phi) is 5.75. The minimum atomic E-state index is 0.124. The highest BCUT2D eigenvalue weighted by Crippen LogP contribution is 2.27. The molecule has 4 heteroatoms. The molecule has 1 rings (SSSR count). The van der Waals surface area contributed by atoms with Crippen LogP contribution in [0.4, 0.5) is 0 Å². The molecule has 0 aromatic rings. The Labute approximate surface area is 105 Å². The van der Waals surface area contributed by atoms with Crippen LogP contribution >= 0.6 is 0 Å². The van der Waals surface area contributed by atoms with Crippen molar-refractivity contribution in [2.45, 2.75) is 52.5 Å². The van der Waals surface area contributed by atoms with Crippen LogP contribution in [0.5, 0.6) is 0 Å². The van der Waals surface area contributed by atoms with Crippen LogP contribution in [0.2, 0.25) is 0 Å². The van der Waals surface area contributed by atoms with E-state index in [0.717, 1.165) is 19.0 Å². The Bertz CT molecular complexity index is 247. The van der Waals surface area contributed by atoms with Gasteiger partial charge in [-0.3, -0.25) is 4.90 Å². The van der Waals surface area contributed by atoms with Gasteiger partial charge in [-0.15, -0.1) is 0 Å². The fraction of sp³-hybridized carbons (Fsp3) is 0.923. The predicted octanol–water partition coefficient (Wildman–Crippen LogP) is 2.27. The molecule has 1 unspecified atom stereocenters. The molecule has 100 valence electrons. The Balaban J connectivity index is 2.48. The highest BCUT2D eigenvalue weighted by Gasteiger charge is 2.24. The van der Waals surface area contributed by atoms with Crippen LogP contribution in [0, 0.1) is 11.8 Å². The second-order valence-corrected chi connectivity index (χ2v) is 5.43. The lowest BCUT2D eigenvalue weighted by molar-refractivity contribution is 0.138. The van der Waals surface area contributed by atoms with E-state index in [9.17, 15) is 0 Å². The van der Waals surface area contributed by atoms with Crippen LogP contribution in [0.3, 0.4) is 0 Å². The van der Waals surface area contributed by atoms with Gasteiger partial charge < -0.3 is 10.9 Å². The number of hydrogen-bond acceptors (Lipinski definition) is 3. The molecule has 0 spiro atoms. The third-order valence-electron chi connectivity index (χ3n) is 4.04. The lowest BCUT2D eigenvalue weighted by atomic mass is 9.86. The molecule has 1 fully saturated rings. The molecule has 3 N–H and O–H groups in total. The van der Waals surface area contributed by atoms with Gasteiger partial charge in [0.1, 0.15) is 5.84 Å². The first-order valence-electron chi connectivity index (χ1n) is 6.79. The number of nitrogens with two attached hydrogens (primary N) is 1. The third-order valence-corrected chi connectivity index (χ3v) is 4.04. The Morgan fingerprint density at radius 3 is 2.47 bits per heavy atom. The molecule has 4 nitrogen and oxygen atoms in total. The van der Waals surface area contributed by atoms with Crippen LogP contribution in [-0.2, 0) is 0 Å². The van der Waals surface area contributed by atoms with Gasteiger partial charge in [-0.1, -0.05) is 25.9 Å². The van der Waals surface area contributed by atoms with E-state index in [0.29, 0.717) is 11.9 Å². The molecule has 0 bridgehead atoms. The quantitative estimate of drug-likeness (QED) is 0.336. The van der Waals surface area contributed by atoms with Crippen LogP contribution in [0.1, 0.15) is 46.5 Å². The Hall–Kier alpha value is -0.770. The summed E-state index contributed by atoms with van der Waals surface area (Å²) in [6, 6.07) is 0.685. The van der Waals surface area contributed by atoms with Gasteiger partial charge in [0.05, 0.1) is 0 Å². The lowest BCUT2D eigenvalue weighted by Crippen LogP contribution is -2.42. The number of nitrogens with zero attached hydrogens (tertiary/aromatic N) is 2. The fourth-order valence-electron chi connectivity index (χ4n) is 2.69. The normalized spacial score (nSPS) is 28.4. The molecule has 0 aliphatic heterocycles. The Morgan fingerprint density at radius 1 is 1.41 bits per heavy atom. The van der Waals surface area contributed by atoms with Gasteiger partial charge in [-0.2, -0.15) is 0 Å². The summed E-state index contributed by atoms with van der Waals surface area (Å²) in [5.74, 6) is 1.35. The zero-order valence-corrected chi connectivity index (χ0v) is 11.4. The van der Waals surface area contributed by atoms with Gasteiger partial charge in [0.25, 0.3) is 0 Å². The van der Waals surface area contributed by atoms with E-state index in [1.807, 2.05) is 6.92 Å². The fourth-order valence-corrected chi connectivity index (χ4v) is 2.69. The molecule has 0 saturated heterocycles. The summed E-state index contributed by atoms with van der Waals surface area (Å²) in [6.07, 6.45) is 5.24. The van der Waals surface area contributed by atoms with Crippen molar-refractivity contribution in [1.29, 1.82) is 0 Å². The van der Waals surface area contributed by atoms with E-state index in [1.54, 1.807) is 0 Å². The van der Waals surface area contributed by atoms with Crippen molar-refractivity contribution in [3.05, 3.63) is 0 Å². The van der Waals surface area contributed by atoms with Crippen LogP contribution in [0.15, 0.2) is 5.16 Å². The molecule has 1 atom stereocenters. The summed E-state index contributed by atoms with van der Waals surface area (Å²) in [4.78, 5) is 2.48. The minimum absolute atomic E-state index is 0.124. The van der Waals surface area contributed by atoms with E-state index >= 15 is 0 Å².